The summed E-state index contributed by atoms with van der Waals surface area (Å²) in [6.45, 7) is 1.87. The van der Waals surface area contributed by atoms with Crippen LogP contribution in [-0.4, -0.2) is 13.4 Å². The number of aromatic amines is 1. The van der Waals surface area contributed by atoms with E-state index in [0.717, 1.165) is 5.56 Å². The fourth-order valence-electron chi connectivity index (χ4n) is 1.46. The molecular formula is C12H11NO3S. The molecule has 2 aromatic rings. The highest BCUT2D eigenvalue weighted by Gasteiger charge is 2.20. The molecule has 2 rings (SSSR count). The van der Waals surface area contributed by atoms with Crippen LogP contribution in [0.2, 0.25) is 0 Å². The van der Waals surface area contributed by atoms with Gasteiger partial charge in [-0.1, -0.05) is 17.7 Å². The van der Waals surface area contributed by atoms with Gasteiger partial charge in [0, 0.05) is 18.5 Å². The molecule has 88 valence electrons. The average molecular weight is 249 g/mol. The van der Waals surface area contributed by atoms with Crippen LogP contribution in [0.25, 0.3) is 0 Å². The van der Waals surface area contributed by atoms with Crippen LogP contribution in [0.5, 0.6) is 0 Å². The van der Waals surface area contributed by atoms with E-state index >= 15 is 0 Å². The summed E-state index contributed by atoms with van der Waals surface area (Å²) >= 11 is 0. The second-order valence-corrected chi connectivity index (χ2v) is 5.61. The van der Waals surface area contributed by atoms with E-state index in [9.17, 15) is 13.2 Å². The third-order valence-electron chi connectivity index (χ3n) is 2.41. The van der Waals surface area contributed by atoms with Crippen molar-refractivity contribution in [2.75, 3.05) is 0 Å². The molecule has 0 unspecified atom stereocenters. The van der Waals surface area contributed by atoms with Crippen LogP contribution in [0, 0.1) is 6.92 Å². The fraction of sp³-hybridized carbons (Fsp3) is 0.0833. The van der Waals surface area contributed by atoms with E-state index in [-0.39, 0.29) is 9.79 Å². The lowest BCUT2D eigenvalue weighted by Gasteiger charge is -2.03. The molecule has 1 aromatic heterocycles. The van der Waals surface area contributed by atoms with Crippen molar-refractivity contribution in [2.45, 2.75) is 16.7 Å². The minimum atomic E-state index is -3.73. The zero-order chi connectivity index (χ0) is 12.5. The van der Waals surface area contributed by atoms with Crippen molar-refractivity contribution in [1.82, 2.24) is 4.98 Å². The van der Waals surface area contributed by atoms with Gasteiger partial charge in [-0.15, -0.1) is 0 Å². The Morgan fingerprint density at radius 2 is 1.71 bits per heavy atom. The number of hydrogen-bond donors (Lipinski definition) is 1. The van der Waals surface area contributed by atoms with Crippen LogP contribution in [0.15, 0.2) is 57.3 Å². The Morgan fingerprint density at radius 1 is 1.06 bits per heavy atom. The minimum Gasteiger partial charge on any atom is -0.366 e. The van der Waals surface area contributed by atoms with Crippen LogP contribution < -0.4 is 5.43 Å². The number of sulfone groups is 1. The Hall–Kier alpha value is -1.88. The Morgan fingerprint density at radius 3 is 2.29 bits per heavy atom. The van der Waals surface area contributed by atoms with Gasteiger partial charge in [-0.05, 0) is 19.1 Å². The third kappa shape index (κ3) is 2.14. The number of nitrogens with one attached hydrogen (secondary N) is 1. The molecular weight excluding hydrogens is 238 g/mol. The first-order valence-corrected chi connectivity index (χ1v) is 6.49. The van der Waals surface area contributed by atoms with E-state index in [1.165, 1.54) is 30.6 Å². The van der Waals surface area contributed by atoms with Gasteiger partial charge in [0.25, 0.3) is 0 Å². The second kappa shape index (κ2) is 4.18. The zero-order valence-corrected chi connectivity index (χ0v) is 9.99. The smallest absolute Gasteiger partial charge is 0.211 e. The molecule has 0 saturated carbocycles. The maximum atomic E-state index is 12.1. The Balaban J connectivity index is 2.62. The number of pyridine rings is 1. The Kier molecular flexibility index (Phi) is 2.85. The standard InChI is InChI=1S/C12H11NO3S/c1-9-2-4-10(5-3-9)17(15,16)12-8-13-7-6-11(12)14/h2-8H,1H3,(H,13,14). The van der Waals surface area contributed by atoms with Crippen LogP contribution in [0.1, 0.15) is 5.56 Å². The maximum Gasteiger partial charge on any atom is 0.211 e. The van der Waals surface area contributed by atoms with Crippen molar-refractivity contribution < 1.29 is 8.42 Å². The molecule has 1 heterocycles. The van der Waals surface area contributed by atoms with Gasteiger partial charge < -0.3 is 4.98 Å². The normalized spacial score (nSPS) is 11.4. The first kappa shape index (κ1) is 11.6. The SMILES string of the molecule is Cc1ccc(S(=O)(=O)c2c[nH]ccc2=O)cc1. The highest BCUT2D eigenvalue weighted by molar-refractivity contribution is 7.91. The molecule has 0 radical (unpaired) electrons. The molecule has 1 aromatic carbocycles. The predicted octanol–water partition coefficient (Wildman–Crippen LogP) is 1.52. The van der Waals surface area contributed by atoms with E-state index in [4.69, 9.17) is 0 Å². The maximum absolute atomic E-state index is 12.1. The van der Waals surface area contributed by atoms with Crippen molar-refractivity contribution in [2.24, 2.45) is 0 Å². The second-order valence-electron chi connectivity index (χ2n) is 3.69. The number of aromatic nitrogens is 1. The van der Waals surface area contributed by atoms with Crippen molar-refractivity contribution in [3.8, 4) is 0 Å². The number of rotatable bonds is 2. The monoisotopic (exact) mass is 249 g/mol. The van der Waals surface area contributed by atoms with Gasteiger partial charge in [0.1, 0.15) is 4.90 Å². The van der Waals surface area contributed by atoms with Gasteiger partial charge in [-0.2, -0.15) is 0 Å². The van der Waals surface area contributed by atoms with Crippen LogP contribution in [0.4, 0.5) is 0 Å². The quantitative estimate of drug-likeness (QED) is 0.877. The molecule has 5 heteroatoms. The summed E-state index contributed by atoms with van der Waals surface area (Å²) in [6, 6.07) is 7.59. The van der Waals surface area contributed by atoms with Crippen LogP contribution >= 0.6 is 0 Å². The molecule has 0 spiro atoms. The fourth-order valence-corrected chi connectivity index (χ4v) is 2.76. The Labute approximate surface area is 98.9 Å². The molecule has 0 saturated heterocycles. The zero-order valence-electron chi connectivity index (χ0n) is 9.17. The number of H-pyrrole nitrogens is 1. The largest absolute Gasteiger partial charge is 0.366 e. The molecule has 4 nitrogen and oxygen atoms in total. The van der Waals surface area contributed by atoms with Crippen molar-refractivity contribution in [3.63, 3.8) is 0 Å². The first-order valence-electron chi connectivity index (χ1n) is 5.01. The highest BCUT2D eigenvalue weighted by atomic mass is 32.2. The molecule has 0 aliphatic carbocycles. The molecule has 17 heavy (non-hydrogen) atoms. The number of aryl methyl sites for hydroxylation is 1. The van der Waals surface area contributed by atoms with Crippen LogP contribution in [0.3, 0.4) is 0 Å². The van der Waals surface area contributed by atoms with E-state index in [1.807, 2.05) is 6.92 Å². The number of benzene rings is 1. The van der Waals surface area contributed by atoms with E-state index in [1.54, 1.807) is 12.1 Å². The lowest BCUT2D eigenvalue weighted by molar-refractivity contribution is 0.595. The molecule has 0 atom stereocenters. The molecule has 0 fully saturated rings. The van der Waals surface area contributed by atoms with E-state index < -0.39 is 15.3 Å². The molecule has 1 N–H and O–H groups in total. The predicted molar refractivity (Wildman–Crippen MR) is 63.7 cm³/mol. The van der Waals surface area contributed by atoms with Gasteiger partial charge >= 0.3 is 0 Å². The molecule has 0 aliphatic rings. The van der Waals surface area contributed by atoms with Gasteiger partial charge in [-0.3, -0.25) is 4.79 Å². The van der Waals surface area contributed by atoms with Gasteiger partial charge in [0.2, 0.25) is 15.3 Å². The summed E-state index contributed by atoms with van der Waals surface area (Å²) in [5, 5.41) is 0. The van der Waals surface area contributed by atoms with Crippen molar-refractivity contribution in [1.29, 1.82) is 0 Å². The van der Waals surface area contributed by atoms with Crippen molar-refractivity contribution in [3.05, 3.63) is 58.5 Å². The lowest BCUT2D eigenvalue weighted by Crippen LogP contribution is -2.14. The topological polar surface area (TPSA) is 67.0 Å². The Bertz CT molecular complexity index is 684. The summed E-state index contributed by atoms with van der Waals surface area (Å²) in [6.07, 6.45) is 2.61. The van der Waals surface area contributed by atoms with E-state index in [2.05, 4.69) is 4.98 Å². The first-order chi connectivity index (χ1) is 8.01. The molecule has 0 aliphatic heterocycles. The average Bonchev–Trinajstić information content (AvgIpc) is 2.30. The molecule has 0 amide bonds. The summed E-state index contributed by atoms with van der Waals surface area (Å²) in [5.41, 5.74) is 0.454. The van der Waals surface area contributed by atoms with Gasteiger partial charge in [-0.25, -0.2) is 8.42 Å². The number of hydrogen-bond acceptors (Lipinski definition) is 3. The van der Waals surface area contributed by atoms with Gasteiger partial charge in [0.05, 0.1) is 4.90 Å². The van der Waals surface area contributed by atoms with Gasteiger partial charge in [0.15, 0.2) is 0 Å². The lowest BCUT2D eigenvalue weighted by atomic mass is 10.2. The summed E-state index contributed by atoms with van der Waals surface area (Å²) in [5.74, 6) is 0. The highest BCUT2D eigenvalue weighted by Crippen LogP contribution is 2.17. The van der Waals surface area contributed by atoms with Crippen LogP contribution in [-0.2, 0) is 9.84 Å². The summed E-state index contributed by atoms with van der Waals surface area (Å²) in [7, 11) is -3.73. The minimum absolute atomic E-state index is 0.125. The molecule has 0 bridgehead atoms. The van der Waals surface area contributed by atoms with E-state index in [0.29, 0.717) is 0 Å². The van der Waals surface area contributed by atoms with Crippen molar-refractivity contribution >= 4 is 9.84 Å². The summed E-state index contributed by atoms with van der Waals surface area (Å²) in [4.78, 5) is 14.0. The third-order valence-corrected chi connectivity index (χ3v) is 4.20. The summed E-state index contributed by atoms with van der Waals surface area (Å²) < 4.78 is 24.3.